The molecule has 39 heavy (non-hydrogen) atoms. The van der Waals surface area contributed by atoms with Gasteiger partial charge in [0.2, 0.25) is 11.8 Å². The standard InChI is InChI=1S/C29H30F2N4O4/c1-17-14-34(28(39)33-26(17)37)16-24(36)35-15-20(30)13-23(35)27(38)32-25(18-6-4-3-5-7-18)19-8-9-21(22(31)12-19)29(2)10-11-29/h3-9,12,14,20,23,25H,10-11,13,15-16H2,1-2H3,(H,32,38)(H,33,37,39). The average molecular weight is 537 g/mol. The Morgan fingerprint density at radius 3 is 2.51 bits per heavy atom. The van der Waals surface area contributed by atoms with Gasteiger partial charge in [-0.2, -0.15) is 0 Å². The van der Waals surface area contributed by atoms with Gasteiger partial charge in [-0.1, -0.05) is 49.4 Å². The summed E-state index contributed by atoms with van der Waals surface area (Å²) in [7, 11) is 0. The summed E-state index contributed by atoms with van der Waals surface area (Å²) in [6, 6.07) is 12.2. The molecule has 2 aliphatic rings. The van der Waals surface area contributed by atoms with Gasteiger partial charge in [0.15, 0.2) is 0 Å². The Labute approximate surface area is 223 Å². The minimum absolute atomic E-state index is 0.165. The molecule has 0 spiro atoms. The van der Waals surface area contributed by atoms with Crippen LogP contribution in [0, 0.1) is 12.7 Å². The zero-order valence-electron chi connectivity index (χ0n) is 21.7. The van der Waals surface area contributed by atoms with Gasteiger partial charge in [-0.15, -0.1) is 0 Å². The summed E-state index contributed by atoms with van der Waals surface area (Å²) < 4.78 is 30.7. The minimum Gasteiger partial charge on any atom is -0.343 e. The molecule has 3 atom stereocenters. The molecule has 1 aliphatic heterocycles. The summed E-state index contributed by atoms with van der Waals surface area (Å²) in [5.41, 5.74) is 0.619. The lowest BCUT2D eigenvalue weighted by Gasteiger charge is -2.27. The van der Waals surface area contributed by atoms with Gasteiger partial charge in [0.1, 0.15) is 24.6 Å². The van der Waals surface area contributed by atoms with Gasteiger partial charge in [-0.3, -0.25) is 23.9 Å². The number of hydrogen-bond acceptors (Lipinski definition) is 4. The quantitative estimate of drug-likeness (QED) is 0.485. The van der Waals surface area contributed by atoms with Crippen LogP contribution in [0.2, 0.25) is 0 Å². The number of amides is 2. The van der Waals surface area contributed by atoms with E-state index >= 15 is 4.39 Å². The van der Waals surface area contributed by atoms with E-state index in [1.54, 1.807) is 36.4 Å². The number of halogens is 2. The number of aromatic nitrogens is 2. The summed E-state index contributed by atoms with van der Waals surface area (Å²) in [6.07, 6.45) is 1.46. The van der Waals surface area contributed by atoms with Gasteiger partial charge in [0.25, 0.3) is 5.56 Å². The van der Waals surface area contributed by atoms with Gasteiger partial charge in [0.05, 0.1) is 12.6 Å². The van der Waals surface area contributed by atoms with Crippen LogP contribution in [-0.2, 0) is 21.5 Å². The number of carbonyl (C=O) groups excluding carboxylic acids is 2. The highest BCUT2D eigenvalue weighted by atomic mass is 19.1. The zero-order valence-corrected chi connectivity index (χ0v) is 21.7. The normalized spacial score (nSPS) is 20.5. The predicted molar refractivity (Wildman–Crippen MR) is 140 cm³/mol. The fourth-order valence-electron chi connectivity index (χ4n) is 5.18. The van der Waals surface area contributed by atoms with Crippen molar-refractivity contribution in [1.29, 1.82) is 0 Å². The van der Waals surface area contributed by atoms with E-state index in [2.05, 4.69) is 10.3 Å². The molecule has 3 unspecified atom stereocenters. The highest BCUT2D eigenvalue weighted by Crippen LogP contribution is 2.48. The maximum absolute atomic E-state index is 15.1. The fourth-order valence-corrected chi connectivity index (χ4v) is 5.18. The van der Waals surface area contributed by atoms with Gasteiger partial charge in [-0.25, -0.2) is 13.6 Å². The maximum atomic E-state index is 15.1. The van der Waals surface area contributed by atoms with Crippen LogP contribution < -0.4 is 16.6 Å². The highest BCUT2D eigenvalue weighted by molar-refractivity contribution is 5.89. The first-order valence-corrected chi connectivity index (χ1v) is 12.9. The first-order valence-electron chi connectivity index (χ1n) is 12.9. The molecule has 2 amide bonds. The molecule has 1 aromatic heterocycles. The van der Waals surface area contributed by atoms with E-state index < -0.39 is 47.9 Å². The first kappa shape index (κ1) is 26.5. The summed E-state index contributed by atoms with van der Waals surface area (Å²) in [6.45, 7) is 2.75. The van der Waals surface area contributed by atoms with E-state index in [1.165, 1.54) is 19.2 Å². The molecule has 1 saturated carbocycles. The number of alkyl halides is 1. The van der Waals surface area contributed by atoms with Gasteiger partial charge >= 0.3 is 5.69 Å². The molecule has 2 N–H and O–H groups in total. The lowest BCUT2D eigenvalue weighted by Crippen LogP contribution is -2.48. The Balaban J connectivity index is 1.40. The molecule has 8 nitrogen and oxygen atoms in total. The fraction of sp³-hybridized carbons (Fsp3) is 0.379. The number of rotatable bonds is 7. The van der Waals surface area contributed by atoms with Crippen LogP contribution in [0.1, 0.15) is 54.5 Å². The molecule has 2 aromatic carbocycles. The van der Waals surface area contributed by atoms with Crippen molar-refractivity contribution in [2.75, 3.05) is 6.54 Å². The first-order chi connectivity index (χ1) is 18.6. The number of aromatic amines is 1. The zero-order chi connectivity index (χ0) is 27.9. The van der Waals surface area contributed by atoms with Crippen LogP contribution in [0.15, 0.2) is 64.3 Å². The molecular formula is C29H30F2N4O4. The molecule has 0 bridgehead atoms. The van der Waals surface area contributed by atoms with Gasteiger partial charge < -0.3 is 10.2 Å². The molecule has 204 valence electrons. The number of likely N-dealkylation sites (tertiary alicyclic amines) is 1. The Morgan fingerprint density at radius 1 is 1.13 bits per heavy atom. The second-order valence-electron chi connectivity index (χ2n) is 10.7. The third-order valence-corrected chi connectivity index (χ3v) is 7.76. The summed E-state index contributed by atoms with van der Waals surface area (Å²) in [4.78, 5) is 53.7. The van der Waals surface area contributed by atoms with Crippen LogP contribution in [0.25, 0.3) is 0 Å². The number of nitrogens with one attached hydrogen (secondary N) is 2. The summed E-state index contributed by atoms with van der Waals surface area (Å²) in [5.74, 6) is -1.56. The Kier molecular flexibility index (Phi) is 6.96. The van der Waals surface area contributed by atoms with E-state index in [9.17, 15) is 23.6 Å². The molecule has 10 heteroatoms. The van der Waals surface area contributed by atoms with Crippen molar-refractivity contribution in [1.82, 2.24) is 19.8 Å². The largest absolute Gasteiger partial charge is 0.343 e. The summed E-state index contributed by atoms with van der Waals surface area (Å²) >= 11 is 0. The molecule has 5 rings (SSSR count). The highest BCUT2D eigenvalue weighted by Gasteiger charge is 2.42. The lowest BCUT2D eigenvalue weighted by atomic mass is 9.92. The van der Waals surface area contributed by atoms with Crippen LogP contribution >= 0.6 is 0 Å². The maximum Gasteiger partial charge on any atom is 0.328 e. The Hall–Kier alpha value is -4.08. The lowest BCUT2D eigenvalue weighted by molar-refractivity contribution is -0.139. The van der Waals surface area contributed by atoms with Gasteiger partial charge in [0, 0.05) is 18.2 Å². The van der Waals surface area contributed by atoms with Crippen molar-refractivity contribution in [2.24, 2.45) is 0 Å². The van der Waals surface area contributed by atoms with Crippen molar-refractivity contribution >= 4 is 11.8 Å². The van der Waals surface area contributed by atoms with E-state index in [4.69, 9.17) is 0 Å². The van der Waals surface area contributed by atoms with Gasteiger partial charge in [-0.05, 0) is 47.9 Å². The average Bonchev–Trinajstić information content (AvgIpc) is 3.52. The van der Waals surface area contributed by atoms with Crippen LogP contribution in [0.5, 0.6) is 0 Å². The predicted octanol–water partition coefficient (Wildman–Crippen LogP) is 2.88. The van der Waals surface area contributed by atoms with Crippen LogP contribution in [0.3, 0.4) is 0 Å². The van der Waals surface area contributed by atoms with Crippen LogP contribution in [0.4, 0.5) is 8.78 Å². The van der Waals surface area contributed by atoms with Crippen molar-refractivity contribution in [2.45, 2.75) is 63.3 Å². The minimum atomic E-state index is -1.43. The summed E-state index contributed by atoms with van der Waals surface area (Å²) in [5, 5.41) is 2.91. The molecule has 1 aliphatic carbocycles. The van der Waals surface area contributed by atoms with Crippen molar-refractivity contribution in [3.63, 3.8) is 0 Å². The molecule has 2 heterocycles. The smallest absolute Gasteiger partial charge is 0.328 e. The van der Waals surface area contributed by atoms with Crippen molar-refractivity contribution < 1.29 is 18.4 Å². The van der Waals surface area contributed by atoms with E-state index in [-0.39, 0.29) is 29.8 Å². The van der Waals surface area contributed by atoms with E-state index in [0.717, 1.165) is 22.3 Å². The van der Waals surface area contributed by atoms with Crippen molar-refractivity contribution in [3.05, 3.63) is 104 Å². The number of hydrogen-bond donors (Lipinski definition) is 2. The molecule has 1 saturated heterocycles. The Morgan fingerprint density at radius 2 is 1.85 bits per heavy atom. The topological polar surface area (TPSA) is 104 Å². The van der Waals surface area contributed by atoms with E-state index in [0.29, 0.717) is 16.7 Å². The number of carbonyl (C=O) groups is 2. The van der Waals surface area contributed by atoms with Crippen molar-refractivity contribution in [3.8, 4) is 0 Å². The molecule has 2 fully saturated rings. The SMILES string of the molecule is Cc1cn(CC(=O)N2CC(F)CC2C(=O)NC(c2ccccc2)c2ccc(C3(C)CC3)c(F)c2)c(=O)[nH]c1=O. The third-order valence-electron chi connectivity index (χ3n) is 7.76. The number of aryl methyl sites for hydroxylation is 1. The number of benzene rings is 2. The molecule has 0 radical (unpaired) electrons. The second kappa shape index (κ2) is 10.2. The molecular weight excluding hydrogens is 506 g/mol. The molecule has 3 aromatic rings. The monoisotopic (exact) mass is 536 g/mol. The van der Waals surface area contributed by atoms with E-state index in [1.807, 2.05) is 13.0 Å². The Bertz CT molecular complexity index is 1530. The van der Waals surface area contributed by atoms with Crippen LogP contribution in [-0.4, -0.2) is 45.0 Å². The number of H-pyrrole nitrogens is 1. The number of nitrogens with zero attached hydrogens (tertiary/aromatic N) is 2. The second-order valence-corrected chi connectivity index (χ2v) is 10.7. The third kappa shape index (κ3) is 5.41.